The number of rotatable bonds is 8. The Hall–Kier alpha value is -2.14. The van der Waals surface area contributed by atoms with Gasteiger partial charge >= 0.3 is 0 Å². The molecule has 0 saturated carbocycles. The van der Waals surface area contributed by atoms with Crippen LogP contribution in [0.3, 0.4) is 0 Å². The summed E-state index contributed by atoms with van der Waals surface area (Å²) in [5, 5.41) is 7.94. The Morgan fingerprint density at radius 1 is 1.25 bits per heavy atom. The predicted octanol–water partition coefficient (Wildman–Crippen LogP) is 3.39. The molecule has 1 aromatic carbocycles. The van der Waals surface area contributed by atoms with Gasteiger partial charge < -0.3 is 10.1 Å². The molecule has 0 fully saturated rings. The molecule has 0 aliphatic rings. The highest BCUT2D eigenvalue weighted by atomic mass is 35.5. The summed E-state index contributed by atoms with van der Waals surface area (Å²) >= 11 is 6.34. The van der Waals surface area contributed by atoms with Crippen molar-refractivity contribution in [3.63, 3.8) is 0 Å². The number of benzene rings is 1. The lowest BCUT2D eigenvalue weighted by atomic mass is 10.00. The number of amides is 1. The van der Waals surface area contributed by atoms with Crippen molar-refractivity contribution in [3.05, 3.63) is 53.3 Å². The van der Waals surface area contributed by atoms with Crippen LogP contribution < -0.4 is 5.32 Å². The van der Waals surface area contributed by atoms with E-state index in [2.05, 4.69) is 10.4 Å². The van der Waals surface area contributed by atoms with Crippen molar-refractivity contribution in [1.82, 2.24) is 15.1 Å². The zero-order chi connectivity index (χ0) is 17.5. The molecule has 0 bridgehead atoms. The van der Waals surface area contributed by atoms with Gasteiger partial charge in [-0.05, 0) is 38.0 Å². The van der Waals surface area contributed by atoms with E-state index >= 15 is 0 Å². The molecule has 6 heteroatoms. The van der Waals surface area contributed by atoms with E-state index in [1.165, 1.54) is 6.92 Å². The average Bonchev–Trinajstić information content (AvgIpc) is 3.03. The second kappa shape index (κ2) is 8.64. The second-order valence-corrected chi connectivity index (χ2v) is 6.27. The summed E-state index contributed by atoms with van der Waals surface area (Å²) in [6.45, 7) is 3.46. The largest absolute Gasteiger partial charge is 0.351 e. The van der Waals surface area contributed by atoms with Crippen LogP contribution >= 0.6 is 11.6 Å². The van der Waals surface area contributed by atoms with Crippen LogP contribution in [0.25, 0.3) is 0 Å². The first-order chi connectivity index (χ1) is 11.5. The van der Waals surface area contributed by atoms with Gasteiger partial charge in [-0.15, -0.1) is 0 Å². The third-order valence-electron chi connectivity index (χ3n) is 3.83. The topological polar surface area (TPSA) is 64.0 Å². The zero-order valence-electron chi connectivity index (χ0n) is 13.9. The van der Waals surface area contributed by atoms with Gasteiger partial charge in [-0.25, -0.2) is 0 Å². The third-order valence-corrected chi connectivity index (χ3v) is 4.17. The molecular weight excluding hydrogens is 326 g/mol. The predicted molar refractivity (Wildman–Crippen MR) is 94.0 cm³/mol. The Bertz CT molecular complexity index is 685. The van der Waals surface area contributed by atoms with E-state index < -0.39 is 0 Å². The van der Waals surface area contributed by atoms with Gasteiger partial charge in [0.2, 0.25) is 5.91 Å². The number of carbonyl (C=O) groups excluding carboxylic acids is 2. The minimum atomic E-state index is -0.203. The lowest BCUT2D eigenvalue weighted by molar-refractivity contribution is -0.122. The highest BCUT2D eigenvalue weighted by Gasteiger charge is 2.25. The number of nitrogens with zero attached hydrogens (tertiary/aromatic N) is 2. The van der Waals surface area contributed by atoms with Crippen LogP contribution in [-0.4, -0.2) is 27.5 Å². The van der Waals surface area contributed by atoms with E-state index in [1.54, 1.807) is 10.9 Å². The fraction of sp³-hybridized carbons (Fsp3) is 0.389. The molecule has 0 unspecified atom stereocenters. The second-order valence-electron chi connectivity index (χ2n) is 5.86. The first-order valence-electron chi connectivity index (χ1n) is 8.01. The summed E-state index contributed by atoms with van der Waals surface area (Å²) < 4.78 is 1.79. The van der Waals surface area contributed by atoms with Crippen molar-refractivity contribution in [1.29, 1.82) is 0 Å². The number of hydrogen-bond donors (Lipinski definition) is 1. The third kappa shape index (κ3) is 4.93. The maximum atomic E-state index is 12.1. The molecule has 2 atom stereocenters. The maximum absolute atomic E-state index is 12.1. The van der Waals surface area contributed by atoms with Crippen molar-refractivity contribution < 1.29 is 9.59 Å². The van der Waals surface area contributed by atoms with Gasteiger partial charge in [0.05, 0.1) is 12.1 Å². The molecule has 1 N–H and O–H groups in total. The first kappa shape index (κ1) is 18.2. The molecular formula is C18H22ClN3O2. The molecule has 1 heterocycles. The Kier molecular flexibility index (Phi) is 6.55. The highest BCUT2D eigenvalue weighted by Crippen LogP contribution is 2.28. The fourth-order valence-electron chi connectivity index (χ4n) is 2.70. The fourth-order valence-corrected chi connectivity index (χ4v) is 2.95. The van der Waals surface area contributed by atoms with E-state index in [4.69, 9.17) is 11.6 Å². The first-order valence-corrected chi connectivity index (χ1v) is 8.39. The van der Waals surface area contributed by atoms with Crippen LogP contribution in [0.15, 0.2) is 42.7 Å². The molecule has 0 aliphatic carbocycles. The quantitative estimate of drug-likeness (QED) is 0.796. The zero-order valence-corrected chi connectivity index (χ0v) is 14.7. The molecule has 5 nitrogen and oxygen atoms in total. The average molecular weight is 348 g/mol. The van der Waals surface area contributed by atoms with Crippen LogP contribution in [0.2, 0.25) is 5.02 Å². The van der Waals surface area contributed by atoms with Gasteiger partial charge in [0.1, 0.15) is 5.78 Å². The number of Topliss-reactive ketones (excluding diaryl/α,β-unsaturated/α-hetero) is 1. The van der Waals surface area contributed by atoms with E-state index in [1.807, 2.05) is 43.5 Å². The summed E-state index contributed by atoms with van der Waals surface area (Å²) in [5.41, 5.74) is 0.902. The van der Waals surface area contributed by atoms with E-state index in [0.29, 0.717) is 24.3 Å². The molecule has 2 rings (SSSR count). The number of carbonyl (C=O) groups is 2. The van der Waals surface area contributed by atoms with Crippen LogP contribution in [0, 0.1) is 0 Å². The number of nitrogens with one attached hydrogen (secondary N) is 1. The minimum Gasteiger partial charge on any atom is -0.351 e. The van der Waals surface area contributed by atoms with Crippen molar-refractivity contribution in [2.45, 2.75) is 45.2 Å². The van der Waals surface area contributed by atoms with Crippen LogP contribution in [0.4, 0.5) is 0 Å². The molecule has 0 radical (unpaired) electrons. The van der Waals surface area contributed by atoms with Crippen LogP contribution in [-0.2, 0) is 9.59 Å². The molecule has 2 aromatic rings. The lowest BCUT2D eigenvalue weighted by Gasteiger charge is -2.26. The summed E-state index contributed by atoms with van der Waals surface area (Å²) in [7, 11) is 0. The standard InChI is InChI=1S/C18H22ClN3O2/c1-13(23)7-5-10-17(24)21-14(2)18(22-12-6-11-20-22)15-8-3-4-9-16(15)19/h3-4,6,8-9,11-12,14,18H,5,7,10H2,1-2H3,(H,21,24)/t14-,18-/m1/s1. The summed E-state index contributed by atoms with van der Waals surface area (Å²) in [6, 6.07) is 8.99. The van der Waals surface area contributed by atoms with Crippen molar-refractivity contribution in [2.75, 3.05) is 0 Å². The minimum absolute atomic E-state index is 0.0760. The number of aromatic nitrogens is 2. The van der Waals surface area contributed by atoms with Gasteiger partial charge in [-0.2, -0.15) is 5.10 Å². The maximum Gasteiger partial charge on any atom is 0.220 e. The van der Waals surface area contributed by atoms with E-state index in [0.717, 1.165) is 5.56 Å². The van der Waals surface area contributed by atoms with Crippen molar-refractivity contribution in [3.8, 4) is 0 Å². The molecule has 128 valence electrons. The molecule has 0 aliphatic heterocycles. The van der Waals surface area contributed by atoms with Gasteiger partial charge in [-0.1, -0.05) is 29.8 Å². The Labute approximate surface area is 147 Å². The Balaban J connectivity index is 2.12. The van der Waals surface area contributed by atoms with Crippen LogP contribution in [0.1, 0.15) is 44.7 Å². The lowest BCUT2D eigenvalue weighted by Crippen LogP contribution is -2.40. The van der Waals surface area contributed by atoms with Gasteiger partial charge in [0.25, 0.3) is 0 Å². The van der Waals surface area contributed by atoms with E-state index in [-0.39, 0.29) is 23.8 Å². The molecule has 1 aromatic heterocycles. The summed E-state index contributed by atoms with van der Waals surface area (Å²) in [5.74, 6) is 0.0225. The van der Waals surface area contributed by atoms with Gasteiger partial charge in [0.15, 0.2) is 0 Å². The monoisotopic (exact) mass is 347 g/mol. The number of ketones is 1. The molecule has 0 spiro atoms. The van der Waals surface area contributed by atoms with Crippen molar-refractivity contribution in [2.24, 2.45) is 0 Å². The summed E-state index contributed by atoms with van der Waals surface area (Å²) in [6.07, 6.45) is 4.87. The number of halogens is 1. The number of hydrogen-bond acceptors (Lipinski definition) is 3. The summed E-state index contributed by atoms with van der Waals surface area (Å²) in [4.78, 5) is 23.1. The van der Waals surface area contributed by atoms with Crippen LogP contribution in [0.5, 0.6) is 0 Å². The Morgan fingerprint density at radius 2 is 2.00 bits per heavy atom. The highest BCUT2D eigenvalue weighted by molar-refractivity contribution is 6.31. The van der Waals surface area contributed by atoms with Gasteiger partial charge in [-0.3, -0.25) is 9.48 Å². The Morgan fingerprint density at radius 3 is 2.62 bits per heavy atom. The van der Waals surface area contributed by atoms with Crippen molar-refractivity contribution >= 4 is 23.3 Å². The molecule has 0 saturated heterocycles. The SMILES string of the molecule is CC(=O)CCCC(=O)N[C@H](C)[C@H](c1ccccc1Cl)n1cccn1. The smallest absolute Gasteiger partial charge is 0.220 e. The van der Waals surface area contributed by atoms with E-state index in [9.17, 15) is 9.59 Å². The molecule has 1 amide bonds. The van der Waals surface area contributed by atoms with Gasteiger partial charge in [0, 0.05) is 30.3 Å². The molecule has 24 heavy (non-hydrogen) atoms. The normalized spacial score (nSPS) is 13.3.